The van der Waals surface area contributed by atoms with E-state index in [-0.39, 0.29) is 30.5 Å². The zero-order valence-corrected chi connectivity index (χ0v) is 17.2. The van der Waals surface area contributed by atoms with E-state index in [1.54, 1.807) is 9.80 Å². The number of ether oxygens (including phenoxy) is 1. The number of anilines is 2. The molecule has 0 radical (unpaired) electrons. The molecular weight excluding hydrogens is 400 g/mol. The second-order valence-electron chi connectivity index (χ2n) is 7.69. The van der Waals surface area contributed by atoms with E-state index in [2.05, 4.69) is 5.32 Å². The van der Waals surface area contributed by atoms with E-state index in [1.807, 2.05) is 30.3 Å². The normalized spacial score (nSPS) is 18.9. The fourth-order valence-corrected chi connectivity index (χ4v) is 3.84. The van der Waals surface area contributed by atoms with Crippen molar-refractivity contribution < 1.29 is 19.1 Å². The van der Waals surface area contributed by atoms with Crippen LogP contribution in [-0.2, 0) is 21.4 Å². The maximum atomic E-state index is 12.8. The number of amides is 3. The van der Waals surface area contributed by atoms with Crippen LogP contribution in [0.25, 0.3) is 0 Å². The van der Waals surface area contributed by atoms with Crippen LogP contribution in [0.15, 0.2) is 47.4 Å². The highest BCUT2D eigenvalue weighted by Crippen LogP contribution is 2.25. The molecule has 0 spiro atoms. The largest absolute Gasteiger partial charge is 0.378 e. The number of benzene rings is 1. The number of para-hydroxylation sites is 1. The van der Waals surface area contributed by atoms with Crippen molar-refractivity contribution in [2.24, 2.45) is 13.0 Å². The summed E-state index contributed by atoms with van der Waals surface area (Å²) in [6, 6.07) is 10.6. The minimum atomic E-state index is -0.587. The number of hydrogen-bond acceptors (Lipinski definition) is 5. The fourth-order valence-electron chi connectivity index (χ4n) is 3.84. The van der Waals surface area contributed by atoms with E-state index in [9.17, 15) is 19.2 Å². The minimum absolute atomic E-state index is 0.0252. The van der Waals surface area contributed by atoms with Crippen molar-refractivity contribution in [2.45, 2.75) is 6.42 Å². The smallest absolute Gasteiger partial charge is 0.274 e. The van der Waals surface area contributed by atoms with E-state index < -0.39 is 17.4 Å². The standard InChI is InChI=1S/C22H24N4O5/c1-24-13-16(21(29)25-7-9-31-10-8-25)11-18(22(24)30)23-20(28)15-12-19(27)26(14-15)17-5-3-2-4-6-17/h2-6,11,13,15H,7-10,12,14H2,1H3,(H,23,28). The first-order valence-electron chi connectivity index (χ1n) is 10.2. The van der Waals surface area contributed by atoms with Crippen molar-refractivity contribution in [3.05, 3.63) is 58.5 Å². The van der Waals surface area contributed by atoms with Crippen LogP contribution in [0.5, 0.6) is 0 Å². The van der Waals surface area contributed by atoms with Crippen LogP contribution in [0.2, 0.25) is 0 Å². The van der Waals surface area contributed by atoms with Gasteiger partial charge in [0.15, 0.2) is 0 Å². The average Bonchev–Trinajstić information content (AvgIpc) is 3.19. The third-order valence-electron chi connectivity index (χ3n) is 5.55. The molecule has 4 rings (SSSR count). The molecule has 2 aliphatic rings. The first kappa shape index (κ1) is 20.8. The van der Waals surface area contributed by atoms with E-state index in [0.29, 0.717) is 31.9 Å². The van der Waals surface area contributed by atoms with Crippen LogP contribution in [-0.4, -0.2) is 60.0 Å². The van der Waals surface area contributed by atoms with Gasteiger partial charge in [-0.05, 0) is 18.2 Å². The average molecular weight is 424 g/mol. The Kier molecular flexibility index (Phi) is 5.85. The maximum absolute atomic E-state index is 12.8. The molecule has 31 heavy (non-hydrogen) atoms. The lowest BCUT2D eigenvalue weighted by atomic mass is 10.1. The van der Waals surface area contributed by atoms with Gasteiger partial charge >= 0.3 is 0 Å². The summed E-state index contributed by atoms with van der Waals surface area (Å²) in [4.78, 5) is 53.8. The highest BCUT2D eigenvalue weighted by atomic mass is 16.5. The topological polar surface area (TPSA) is 101 Å². The summed E-state index contributed by atoms with van der Waals surface area (Å²) in [5.41, 5.74) is 0.651. The molecule has 1 atom stereocenters. The molecule has 0 saturated carbocycles. The van der Waals surface area contributed by atoms with Crippen LogP contribution in [0.4, 0.5) is 11.4 Å². The van der Waals surface area contributed by atoms with Crippen LogP contribution >= 0.6 is 0 Å². The first-order valence-corrected chi connectivity index (χ1v) is 10.2. The Balaban J connectivity index is 1.50. The molecule has 3 heterocycles. The van der Waals surface area contributed by atoms with Gasteiger partial charge in [-0.3, -0.25) is 19.2 Å². The van der Waals surface area contributed by atoms with Crippen molar-refractivity contribution in [1.29, 1.82) is 0 Å². The molecule has 2 saturated heterocycles. The minimum Gasteiger partial charge on any atom is -0.378 e. The number of hydrogen-bond donors (Lipinski definition) is 1. The first-order chi connectivity index (χ1) is 14.9. The van der Waals surface area contributed by atoms with Gasteiger partial charge < -0.3 is 24.4 Å². The van der Waals surface area contributed by atoms with E-state index in [4.69, 9.17) is 4.74 Å². The Morgan fingerprint density at radius 3 is 2.52 bits per heavy atom. The van der Waals surface area contributed by atoms with Crippen LogP contribution in [0, 0.1) is 5.92 Å². The molecule has 162 valence electrons. The van der Waals surface area contributed by atoms with Crippen LogP contribution in [0.3, 0.4) is 0 Å². The molecule has 2 aromatic rings. The van der Waals surface area contributed by atoms with E-state index >= 15 is 0 Å². The lowest BCUT2D eigenvalue weighted by Gasteiger charge is -2.27. The van der Waals surface area contributed by atoms with Crippen molar-refractivity contribution in [1.82, 2.24) is 9.47 Å². The molecule has 1 aromatic heterocycles. The van der Waals surface area contributed by atoms with Gasteiger partial charge in [-0.25, -0.2) is 0 Å². The number of aryl methyl sites for hydroxylation is 1. The lowest BCUT2D eigenvalue weighted by Crippen LogP contribution is -2.41. The summed E-state index contributed by atoms with van der Waals surface area (Å²) in [6.45, 7) is 2.12. The van der Waals surface area contributed by atoms with Crippen LogP contribution < -0.4 is 15.8 Å². The maximum Gasteiger partial charge on any atom is 0.274 e. The van der Waals surface area contributed by atoms with Gasteiger partial charge in [0.05, 0.1) is 24.7 Å². The van der Waals surface area contributed by atoms with Crippen molar-refractivity contribution in [3.8, 4) is 0 Å². The number of rotatable bonds is 4. The third-order valence-corrected chi connectivity index (χ3v) is 5.55. The van der Waals surface area contributed by atoms with Gasteiger partial charge in [-0.1, -0.05) is 18.2 Å². The zero-order valence-electron chi connectivity index (χ0n) is 17.2. The number of aromatic nitrogens is 1. The molecular formula is C22H24N4O5. The van der Waals surface area contributed by atoms with Gasteiger partial charge in [-0.15, -0.1) is 0 Å². The van der Waals surface area contributed by atoms with E-state index in [0.717, 1.165) is 5.69 Å². The number of carbonyl (C=O) groups is 3. The highest BCUT2D eigenvalue weighted by molar-refractivity contribution is 6.04. The molecule has 1 unspecified atom stereocenters. The highest BCUT2D eigenvalue weighted by Gasteiger charge is 2.35. The van der Waals surface area contributed by atoms with Gasteiger partial charge in [-0.2, -0.15) is 0 Å². The van der Waals surface area contributed by atoms with Gasteiger partial charge in [0.2, 0.25) is 11.8 Å². The quantitative estimate of drug-likeness (QED) is 0.784. The molecule has 9 heteroatoms. The Labute approximate surface area is 179 Å². The summed E-state index contributed by atoms with van der Waals surface area (Å²) in [5.74, 6) is -1.37. The van der Waals surface area contributed by atoms with Crippen LogP contribution in [0.1, 0.15) is 16.8 Å². The third kappa shape index (κ3) is 4.36. The summed E-state index contributed by atoms with van der Waals surface area (Å²) < 4.78 is 6.55. The van der Waals surface area contributed by atoms with Gasteiger partial charge in [0, 0.05) is 45.0 Å². The number of nitrogens with one attached hydrogen (secondary N) is 1. The molecule has 2 fully saturated rings. The zero-order chi connectivity index (χ0) is 22.0. The number of carbonyl (C=O) groups excluding carboxylic acids is 3. The molecule has 1 N–H and O–H groups in total. The fraction of sp³-hybridized carbons (Fsp3) is 0.364. The Morgan fingerprint density at radius 1 is 1.10 bits per heavy atom. The molecule has 0 aliphatic carbocycles. The van der Waals surface area contributed by atoms with Crippen molar-refractivity contribution in [2.75, 3.05) is 43.1 Å². The summed E-state index contributed by atoms with van der Waals surface area (Å²) in [5, 5.41) is 2.64. The predicted octanol–water partition coefficient (Wildman–Crippen LogP) is 0.849. The number of morpholine rings is 1. The Morgan fingerprint density at radius 2 is 1.81 bits per heavy atom. The summed E-state index contributed by atoms with van der Waals surface area (Å²) >= 11 is 0. The number of pyridine rings is 1. The van der Waals surface area contributed by atoms with Crippen molar-refractivity contribution in [3.63, 3.8) is 0 Å². The Bertz CT molecular complexity index is 1060. The van der Waals surface area contributed by atoms with Gasteiger partial charge in [0.1, 0.15) is 5.69 Å². The SMILES string of the molecule is Cn1cc(C(=O)N2CCOCC2)cc(NC(=O)C2CC(=O)N(c3ccccc3)C2)c1=O. The summed E-state index contributed by atoms with van der Waals surface area (Å²) in [7, 11) is 1.53. The molecule has 1 aromatic carbocycles. The van der Waals surface area contributed by atoms with Crippen molar-refractivity contribution >= 4 is 29.1 Å². The molecule has 2 aliphatic heterocycles. The number of nitrogens with zero attached hydrogens (tertiary/aromatic N) is 3. The summed E-state index contributed by atoms with van der Waals surface area (Å²) in [6.07, 6.45) is 1.53. The monoisotopic (exact) mass is 424 g/mol. The second kappa shape index (κ2) is 8.73. The second-order valence-corrected chi connectivity index (χ2v) is 7.69. The predicted molar refractivity (Wildman–Crippen MR) is 114 cm³/mol. The molecule has 3 amide bonds. The van der Waals surface area contributed by atoms with E-state index in [1.165, 1.54) is 23.9 Å². The van der Waals surface area contributed by atoms with Gasteiger partial charge in [0.25, 0.3) is 11.5 Å². The Hall–Kier alpha value is -3.46. The molecule has 0 bridgehead atoms. The molecule has 9 nitrogen and oxygen atoms in total. The lowest BCUT2D eigenvalue weighted by molar-refractivity contribution is -0.122.